The number of carbonyl (C=O) groups excluding carboxylic acids is 1. The molecule has 0 aliphatic heterocycles. The fourth-order valence-electron chi connectivity index (χ4n) is 3.10. The number of amides is 1. The van der Waals surface area contributed by atoms with Crippen molar-refractivity contribution >= 4 is 5.91 Å². The van der Waals surface area contributed by atoms with E-state index in [-0.39, 0.29) is 23.7 Å². The van der Waals surface area contributed by atoms with Gasteiger partial charge in [0.05, 0.1) is 6.10 Å². The minimum atomic E-state index is -0.693. The molecule has 3 atom stereocenters. The normalized spacial score (nSPS) is 23.2. The van der Waals surface area contributed by atoms with E-state index in [0.717, 1.165) is 6.42 Å². The maximum absolute atomic E-state index is 13.2. The molecule has 1 fully saturated rings. The molecule has 1 heterocycles. The Morgan fingerprint density at radius 1 is 1.38 bits per heavy atom. The number of aromatic nitrogens is 1. The van der Waals surface area contributed by atoms with Crippen LogP contribution in [0.1, 0.15) is 23.3 Å². The van der Waals surface area contributed by atoms with Crippen LogP contribution in [0.3, 0.4) is 0 Å². The van der Waals surface area contributed by atoms with Crippen LogP contribution in [0.2, 0.25) is 0 Å². The first kappa shape index (κ1) is 16.5. The molecule has 2 N–H and O–H groups in total. The van der Waals surface area contributed by atoms with E-state index in [1.54, 1.807) is 22.8 Å². The number of rotatable bonds is 5. The number of ether oxygens (including phenoxy) is 1. The van der Waals surface area contributed by atoms with Crippen molar-refractivity contribution in [2.45, 2.75) is 25.0 Å². The minimum Gasteiger partial charge on any atom is -0.488 e. The standard InChI is InChI=1S/C18H21FN2O3/c1-21-9-3-6-15(21)18(23)20-11-12-7-8-16(17(12)22)24-14-5-2-4-13(19)10-14/h2-6,9-10,12,16-17,22H,7-8,11H2,1H3,(H,20,23)/t12-,16-,17-/m1/s1. The Hall–Kier alpha value is -2.34. The highest BCUT2D eigenvalue weighted by Crippen LogP contribution is 2.29. The van der Waals surface area contributed by atoms with Crippen LogP contribution in [0.4, 0.5) is 4.39 Å². The zero-order chi connectivity index (χ0) is 17.1. The second-order valence-electron chi connectivity index (χ2n) is 6.16. The molecule has 1 aromatic heterocycles. The van der Waals surface area contributed by atoms with E-state index in [1.807, 2.05) is 19.3 Å². The topological polar surface area (TPSA) is 63.5 Å². The number of nitrogens with zero attached hydrogens (tertiary/aromatic N) is 1. The average Bonchev–Trinajstić information content (AvgIpc) is 3.12. The Morgan fingerprint density at radius 3 is 2.92 bits per heavy atom. The van der Waals surface area contributed by atoms with Gasteiger partial charge in [0.2, 0.25) is 0 Å². The number of carbonyl (C=O) groups is 1. The van der Waals surface area contributed by atoms with E-state index in [9.17, 15) is 14.3 Å². The SMILES string of the molecule is Cn1cccc1C(=O)NC[C@H]1CC[C@@H](Oc2cccc(F)c2)[C@@H]1O. The molecule has 1 aliphatic rings. The largest absolute Gasteiger partial charge is 0.488 e. The molecule has 0 bridgehead atoms. The molecule has 0 spiro atoms. The van der Waals surface area contributed by atoms with Crippen LogP contribution >= 0.6 is 0 Å². The van der Waals surface area contributed by atoms with Gasteiger partial charge < -0.3 is 19.7 Å². The molecule has 1 aromatic carbocycles. The summed E-state index contributed by atoms with van der Waals surface area (Å²) in [4.78, 5) is 12.1. The van der Waals surface area contributed by atoms with Crippen LogP contribution < -0.4 is 10.1 Å². The summed E-state index contributed by atoms with van der Waals surface area (Å²) in [5.74, 6) is -0.198. The van der Waals surface area contributed by atoms with Crippen LogP contribution in [0.25, 0.3) is 0 Å². The Labute approximate surface area is 140 Å². The van der Waals surface area contributed by atoms with Crippen molar-refractivity contribution in [3.05, 3.63) is 54.1 Å². The Balaban J connectivity index is 1.53. The maximum Gasteiger partial charge on any atom is 0.267 e. The average molecular weight is 332 g/mol. The lowest BCUT2D eigenvalue weighted by molar-refractivity contribution is 0.0346. The number of halogens is 1. The van der Waals surface area contributed by atoms with Crippen LogP contribution in [-0.2, 0) is 7.05 Å². The number of aliphatic hydroxyl groups excluding tert-OH is 1. The van der Waals surface area contributed by atoms with Gasteiger partial charge in [-0.15, -0.1) is 0 Å². The number of aryl methyl sites for hydroxylation is 1. The molecule has 1 amide bonds. The van der Waals surface area contributed by atoms with Crippen LogP contribution in [0.5, 0.6) is 5.75 Å². The highest BCUT2D eigenvalue weighted by atomic mass is 19.1. The molecule has 1 aliphatic carbocycles. The third-order valence-electron chi connectivity index (χ3n) is 4.47. The van der Waals surface area contributed by atoms with Gasteiger partial charge in [-0.1, -0.05) is 6.07 Å². The first-order valence-corrected chi connectivity index (χ1v) is 8.04. The highest BCUT2D eigenvalue weighted by Gasteiger charge is 2.36. The molecule has 0 unspecified atom stereocenters. The van der Waals surface area contributed by atoms with Crippen molar-refractivity contribution in [1.82, 2.24) is 9.88 Å². The summed E-state index contributed by atoms with van der Waals surface area (Å²) >= 11 is 0. The Morgan fingerprint density at radius 2 is 2.21 bits per heavy atom. The molecule has 24 heavy (non-hydrogen) atoms. The second kappa shape index (κ2) is 7.05. The summed E-state index contributed by atoms with van der Waals surface area (Å²) in [6.45, 7) is 0.383. The summed E-state index contributed by atoms with van der Waals surface area (Å²) in [5.41, 5.74) is 0.579. The van der Waals surface area contributed by atoms with Crippen molar-refractivity contribution in [3.63, 3.8) is 0 Å². The summed E-state index contributed by atoms with van der Waals surface area (Å²) in [6, 6.07) is 9.44. The van der Waals surface area contributed by atoms with Gasteiger partial charge in [0.1, 0.15) is 23.4 Å². The fourth-order valence-corrected chi connectivity index (χ4v) is 3.10. The second-order valence-corrected chi connectivity index (χ2v) is 6.16. The third-order valence-corrected chi connectivity index (χ3v) is 4.47. The Kier molecular flexibility index (Phi) is 4.85. The molecular weight excluding hydrogens is 311 g/mol. The van der Waals surface area contributed by atoms with Gasteiger partial charge >= 0.3 is 0 Å². The summed E-state index contributed by atoms with van der Waals surface area (Å²) in [5, 5.41) is 13.3. The van der Waals surface area contributed by atoms with Crippen molar-refractivity contribution in [2.24, 2.45) is 13.0 Å². The predicted octanol–water partition coefficient (Wildman–Crippen LogP) is 2.11. The first-order valence-electron chi connectivity index (χ1n) is 8.04. The summed E-state index contributed by atoms with van der Waals surface area (Å²) in [6.07, 6.45) is 2.14. The van der Waals surface area contributed by atoms with Gasteiger partial charge in [-0.3, -0.25) is 4.79 Å². The van der Waals surface area contributed by atoms with Crippen molar-refractivity contribution in [2.75, 3.05) is 6.54 Å². The number of nitrogens with one attached hydrogen (secondary N) is 1. The predicted molar refractivity (Wildman–Crippen MR) is 87.3 cm³/mol. The summed E-state index contributed by atoms with van der Waals surface area (Å²) in [7, 11) is 1.81. The molecule has 128 valence electrons. The molecule has 1 saturated carbocycles. The van der Waals surface area contributed by atoms with E-state index in [4.69, 9.17) is 4.74 Å². The van der Waals surface area contributed by atoms with Gasteiger partial charge in [0.25, 0.3) is 5.91 Å². The minimum absolute atomic E-state index is 0.0761. The van der Waals surface area contributed by atoms with Crippen molar-refractivity contribution in [3.8, 4) is 5.75 Å². The van der Waals surface area contributed by atoms with E-state index in [0.29, 0.717) is 24.4 Å². The number of hydrogen-bond acceptors (Lipinski definition) is 3. The van der Waals surface area contributed by atoms with Crippen LogP contribution in [0, 0.1) is 11.7 Å². The molecule has 0 radical (unpaired) electrons. The van der Waals surface area contributed by atoms with E-state index >= 15 is 0 Å². The fraction of sp³-hybridized carbons (Fsp3) is 0.389. The molecule has 2 aromatic rings. The van der Waals surface area contributed by atoms with Gasteiger partial charge in [-0.25, -0.2) is 4.39 Å². The molecule has 6 heteroatoms. The quantitative estimate of drug-likeness (QED) is 0.881. The highest BCUT2D eigenvalue weighted by molar-refractivity contribution is 5.92. The van der Waals surface area contributed by atoms with Crippen LogP contribution in [-0.4, -0.2) is 34.3 Å². The lowest BCUT2D eigenvalue weighted by Crippen LogP contribution is -2.37. The van der Waals surface area contributed by atoms with Gasteiger partial charge in [0.15, 0.2) is 0 Å². The number of aliphatic hydroxyl groups is 1. The lowest BCUT2D eigenvalue weighted by atomic mass is 10.1. The van der Waals surface area contributed by atoms with Crippen LogP contribution in [0.15, 0.2) is 42.6 Å². The number of hydrogen-bond donors (Lipinski definition) is 2. The Bertz CT molecular complexity index is 716. The smallest absolute Gasteiger partial charge is 0.267 e. The number of benzene rings is 1. The third kappa shape index (κ3) is 3.59. The molecule has 5 nitrogen and oxygen atoms in total. The maximum atomic E-state index is 13.2. The van der Waals surface area contributed by atoms with E-state index in [1.165, 1.54) is 12.1 Å². The molecular formula is C18H21FN2O3. The van der Waals surface area contributed by atoms with E-state index < -0.39 is 6.10 Å². The zero-order valence-electron chi connectivity index (χ0n) is 13.5. The molecule has 0 saturated heterocycles. The molecule has 3 rings (SSSR count). The monoisotopic (exact) mass is 332 g/mol. The van der Waals surface area contributed by atoms with Crippen molar-refractivity contribution in [1.29, 1.82) is 0 Å². The lowest BCUT2D eigenvalue weighted by Gasteiger charge is -2.21. The van der Waals surface area contributed by atoms with Gasteiger partial charge in [-0.05, 0) is 37.1 Å². The van der Waals surface area contributed by atoms with Crippen molar-refractivity contribution < 1.29 is 19.0 Å². The first-order chi connectivity index (χ1) is 11.5. The van der Waals surface area contributed by atoms with Gasteiger partial charge in [-0.2, -0.15) is 0 Å². The van der Waals surface area contributed by atoms with Gasteiger partial charge in [0, 0.05) is 31.8 Å². The zero-order valence-corrected chi connectivity index (χ0v) is 13.5. The summed E-state index contributed by atoms with van der Waals surface area (Å²) < 4.78 is 20.6. The van der Waals surface area contributed by atoms with E-state index in [2.05, 4.69) is 5.32 Å².